The number of nitrogens with zero attached hydrogens (tertiary/aromatic N) is 1. The number of furan rings is 1. The maximum absolute atomic E-state index is 12.4. The van der Waals surface area contributed by atoms with Crippen molar-refractivity contribution in [1.82, 2.24) is 4.90 Å². The standard InChI is InChI=1S/C15H23NO4/c1-14(2,3)20-13(17)16-12(10-19-15(16,4)5)8-11-6-7-18-9-11/h6-7,9,12H,8,10H2,1-5H3/t12-/m0/s1. The molecule has 0 aliphatic carbocycles. The zero-order valence-corrected chi connectivity index (χ0v) is 12.8. The first-order valence-electron chi connectivity index (χ1n) is 6.86. The number of carbonyl (C=O) groups is 1. The minimum Gasteiger partial charge on any atom is -0.472 e. The topological polar surface area (TPSA) is 51.9 Å². The van der Waals surface area contributed by atoms with Crippen LogP contribution in [-0.4, -0.2) is 35.0 Å². The van der Waals surface area contributed by atoms with Crippen molar-refractivity contribution in [3.63, 3.8) is 0 Å². The van der Waals surface area contributed by atoms with Crippen molar-refractivity contribution in [3.05, 3.63) is 24.2 Å². The van der Waals surface area contributed by atoms with Crippen molar-refractivity contribution < 1.29 is 18.7 Å². The molecule has 0 aromatic carbocycles. The van der Waals surface area contributed by atoms with Crippen LogP contribution in [0.25, 0.3) is 0 Å². The van der Waals surface area contributed by atoms with Crippen LogP contribution in [0, 0.1) is 0 Å². The van der Waals surface area contributed by atoms with Crippen LogP contribution in [0.15, 0.2) is 23.0 Å². The Hall–Kier alpha value is -1.49. The van der Waals surface area contributed by atoms with E-state index in [1.165, 1.54) is 0 Å². The molecule has 112 valence electrons. The van der Waals surface area contributed by atoms with Crippen LogP contribution in [0.5, 0.6) is 0 Å². The van der Waals surface area contributed by atoms with Crippen molar-refractivity contribution in [1.29, 1.82) is 0 Å². The van der Waals surface area contributed by atoms with E-state index in [1.807, 2.05) is 40.7 Å². The van der Waals surface area contributed by atoms with Gasteiger partial charge in [0, 0.05) is 0 Å². The number of amides is 1. The molecule has 0 unspecified atom stereocenters. The van der Waals surface area contributed by atoms with E-state index in [0.717, 1.165) is 5.56 Å². The van der Waals surface area contributed by atoms with E-state index in [2.05, 4.69) is 0 Å². The second-order valence-corrected chi connectivity index (χ2v) is 6.60. The molecule has 0 spiro atoms. The third kappa shape index (κ3) is 3.33. The Balaban J connectivity index is 2.13. The van der Waals surface area contributed by atoms with Crippen LogP contribution >= 0.6 is 0 Å². The minimum absolute atomic E-state index is 0.0440. The van der Waals surface area contributed by atoms with Crippen molar-refractivity contribution in [2.24, 2.45) is 0 Å². The highest BCUT2D eigenvalue weighted by atomic mass is 16.6. The average Bonchev–Trinajstić information content (AvgIpc) is 2.84. The van der Waals surface area contributed by atoms with Crippen LogP contribution in [0.4, 0.5) is 4.79 Å². The fourth-order valence-electron chi connectivity index (χ4n) is 2.39. The van der Waals surface area contributed by atoms with Crippen LogP contribution in [0.3, 0.4) is 0 Å². The lowest BCUT2D eigenvalue weighted by Gasteiger charge is -2.35. The number of rotatable bonds is 2. The smallest absolute Gasteiger partial charge is 0.412 e. The predicted molar refractivity (Wildman–Crippen MR) is 74.3 cm³/mol. The van der Waals surface area contributed by atoms with Crippen LogP contribution < -0.4 is 0 Å². The van der Waals surface area contributed by atoms with Gasteiger partial charge in [0.15, 0.2) is 0 Å². The Morgan fingerprint density at radius 2 is 2.20 bits per heavy atom. The molecule has 0 N–H and O–H groups in total. The van der Waals surface area contributed by atoms with E-state index >= 15 is 0 Å². The Morgan fingerprint density at radius 1 is 1.50 bits per heavy atom. The predicted octanol–water partition coefficient (Wildman–Crippen LogP) is 3.19. The molecule has 1 saturated heterocycles. The Kier molecular flexibility index (Phi) is 3.82. The fourth-order valence-corrected chi connectivity index (χ4v) is 2.39. The monoisotopic (exact) mass is 281 g/mol. The van der Waals surface area contributed by atoms with E-state index in [9.17, 15) is 4.79 Å². The molecule has 20 heavy (non-hydrogen) atoms. The van der Waals surface area contributed by atoms with Gasteiger partial charge in [0.2, 0.25) is 0 Å². The van der Waals surface area contributed by atoms with Gasteiger partial charge in [0.25, 0.3) is 0 Å². The summed E-state index contributed by atoms with van der Waals surface area (Å²) in [7, 11) is 0. The number of hydrogen-bond acceptors (Lipinski definition) is 4. The van der Waals surface area contributed by atoms with Gasteiger partial charge >= 0.3 is 6.09 Å². The summed E-state index contributed by atoms with van der Waals surface area (Å²) < 4.78 is 16.3. The van der Waals surface area contributed by atoms with Crippen LogP contribution in [0.2, 0.25) is 0 Å². The first-order valence-corrected chi connectivity index (χ1v) is 6.86. The molecule has 1 aromatic rings. The van der Waals surface area contributed by atoms with Gasteiger partial charge in [-0.1, -0.05) is 0 Å². The Bertz CT molecular complexity index is 459. The summed E-state index contributed by atoms with van der Waals surface area (Å²) in [5.74, 6) is 0. The second kappa shape index (κ2) is 5.13. The molecule has 5 heteroatoms. The normalized spacial score (nSPS) is 22.1. The lowest BCUT2D eigenvalue weighted by Crippen LogP contribution is -2.50. The highest BCUT2D eigenvalue weighted by Crippen LogP contribution is 2.31. The van der Waals surface area contributed by atoms with Gasteiger partial charge in [-0.3, -0.25) is 4.90 Å². The Morgan fingerprint density at radius 3 is 2.75 bits per heavy atom. The lowest BCUT2D eigenvalue weighted by atomic mass is 10.1. The Labute approximate surface area is 119 Å². The van der Waals surface area contributed by atoms with Crippen molar-refractivity contribution >= 4 is 6.09 Å². The average molecular weight is 281 g/mol. The summed E-state index contributed by atoms with van der Waals surface area (Å²) >= 11 is 0. The number of carbonyl (C=O) groups excluding carboxylic acids is 1. The van der Waals surface area contributed by atoms with Gasteiger partial charge in [-0.2, -0.15) is 0 Å². The van der Waals surface area contributed by atoms with Gasteiger partial charge in [0.1, 0.15) is 11.3 Å². The molecule has 1 amide bonds. The molecule has 2 heterocycles. The van der Waals surface area contributed by atoms with Crippen LogP contribution in [0.1, 0.15) is 40.2 Å². The number of hydrogen-bond donors (Lipinski definition) is 0. The van der Waals surface area contributed by atoms with Crippen molar-refractivity contribution in [3.8, 4) is 0 Å². The zero-order valence-electron chi connectivity index (χ0n) is 12.8. The molecule has 1 aliphatic heterocycles. The third-order valence-corrected chi connectivity index (χ3v) is 3.22. The summed E-state index contributed by atoms with van der Waals surface area (Å²) in [6, 6.07) is 1.86. The van der Waals surface area contributed by atoms with Gasteiger partial charge in [-0.25, -0.2) is 4.79 Å². The lowest BCUT2D eigenvalue weighted by molar-refractivity contribution is -0.0624. The van der Waals surface area contributed by atoms with Gasteiger partial charge in [0.05, 0.1) is 25.2 Å². The van der Waals surface area contributed by atoms with E-state index in [-0.39, 0.29) is 12.1 Å². The SMILES string of the molecule is CC(C)(C)OC(=O)N1[C@@H](Cc2ccoc2)COC1(C)C. The van der Waals surface area contributed by atoms with E-state index in [4.69, 9.17) is 13.9 Å². The van der Waals surface area contributed by atoms with E-state index in [0.29, 0.717) is 13.0 Å². The molecule has 5 nitrogen and oxygen atoms in total. The molecule has 1 fully saturated rings. The second-order valence-electron chi connectivity index (χ2n) is 6.60. The first kappa shape index (κ1) is 14.9. The first-order chi connectivity index (χ1) is 9.19. The van der Waals surface area contributed by atoms with E-state index in [1.54, 1.807) is 17.4 Å². The minimum atomic E-state index is -0.656. The van der Waals surface area contributed by atoms with Crippen molar-refractivity contribution in [2.45, 2.75) is 58.4 Å². The molecular formula is C15H23NO4. The summed E-state index contributed by atoms with van der Waals surface area (Å²) in [4.78, 5) is 14.1. The quantitative estimate of drug-likeness (QED) is 0.835. The summed E-state index contributed by atoms with van der Waals surface area (Å²) in [5, 5.41) is 0. The molecule has 1 aromatic heterocycles. The highest BCUT2D eigenvalue weighted by molar-refractivity contribution is 5.69. The largest absolute Gasteiger partial charge is 0.472 e. The maximum Gasteiger partial charge on any atom is 0.412 e. The molecule has 0 saturated carbocycles. The zero-order chi connectivity index (χ0) is 15.0. The summed E-state index contributed by atoms with van der Waals surface area (Å²) in [6.45, 7) is 9.84. The molecule has 1 atom stereocenters. The fraction of sp³-hybridized carbons (Fsp3) is 0.667. The molecular weight excluding hydrogens is 258 g/mol. The van der Waals surface area contributed by atoms with Crippen molar-refractivity contribution in [2.75, 3.05) is 6.61 Å². The number of ether oxygens (including phenoxy) is 2. The van der Waals surface area contributed by atoms with Gasteiger partial charge < -0.3 is 13.9 Å². The third-order valence-electron chi connectivity index (χ3n) is 3.22. The van der Waals surface area contributed by atoms with Gasteiger partial charge in [-0.05, 0) is 52.7 Å². The summed E-state index contributed by atoms with van der Waals surface area (Å²) in [6.07, 6.45) is 3.68. The van der Waals surface area contributed by atoms with E-state index < -0.39 is 11.3 Å². The maximum atomic E-state index is 12.4. The molecule has 0 radical (unpaired) electrons. The molecule has 0 bridgehead atoms. The van der Waals surface area contributed by atoms with Crippen LogP contribution in [-0.2, 0) is 15.9 Å². The molecule has 1 aliphatic rings. The van der Waals surface area contributed by atoms with Gasteiger partial charge in [-0.15, -0.1) is 0 Å². The molecule has 2 rings (SSSR count). The highest BCUT2D eigenvalue weighted by Gasteiger charge is 2.45. The summed E-state index contributed by atoms with van der Waals surface area (Å²) in [5.41, 5.74) is -0.128.